The van der Waals surface area contributed by atoms with Crippen LogP contribution in [-0.2, 0) is 0 Å². The smallest absolute Gasteiger partial charge is 0.131 e. The van der Waals surface area contributed by atoms with Crippen LogP contribution in [0.4, 0.5) is 0 Å². The first-order chi connectivity index (χ1) is 20.8. The van der Waals surface area contributed by atoms with E-state index in [0.717, 1.165) is 11.4 Å². The number of aliphatic imine (C=N–C) groups is 1. The highest BCUT2D eigenvalue weighted by Crippen LogP contribution is 2.44. The van der Waals surface area contributed by atoms with Gasteiger partial charge in [-0.1, -0.05) is 152 Å². The minimum absolute atomic E-state index is 0.192. The third-order valence-electron chi connectivity index (χ3n) is 8.77. The highest BCUT2D eigenvalue weighted by Gasteiger charge is 2.31. The molecular weight excluding hydrogens is 508 g/mol. The predicted molar refractivity (Wildman–Crippen MR) is 178 cm³/mol. The normalized spacial score (nSPS) is 17.5. The van der Waals surface area contributed by atoms with Gasteiger partial charge in [-0.25, -0.2) is 0 Å². The standard InChI is InChI=1S/C40H30N2/c1-42-37-18-10-9-17-36(37)41-40(42)31-25-23-30(24-26-31)39-34-15-7-5-13-32(34)38(33-14-6-8-16-35(33)39)29-21-19-28(20-22-29)27-11-3-2-4-12-27/h2-26,36-37H,1H3. The van der Waals surface area contributed by atoms with Crippen molar-refractivity contribution >= 4 is 27.4 Å². The quantitative estimate of drug-likeness (QED) is 0.204. The molecule has 0 bridgehead atoms. The summed E-state index contributed by atoms with van der Waals surface area (Å²) in [4.78, 5) is 7.33. The molecule has 2 atom stereocenters. The Labute approximate surface area is 246 Å². The SMILES string of the molecule is CN1C(c2ccc(-c3c4ccccc4c(-c4ccc(-c5ccccc5)cc4)c4ccccc34)cc2)=NC2C=CC=CC21. The third-order valence-corrected chi connectivity index (χ3v) is 8.77. The van der Waals surface area contributed by atoms with Gasteiger partial charge in [0.15, 0.2) is 0 Å². The minimum Gasteiger partial charge on any atom is -0.351 e. The first-order valence-corrected chi connectivity index (χ1v) is 14.6. The van der Waals surface area contributed by atoms with E-state index in [1.165, 1.54) is 54.9 Å². The van der Waals surface area contributed by atoms with Crippen LogP contribution in [0.5, 0.6) is 0 Å². The molecule has 0 amide bonds. The number of amidine groups is 1. The van der Waals surface area contributed by atoms with E-state index in [9.17, 15) is 0 Å². The van der Waals surface area contributed by atoms with E-state index in [1.807, 2.05) is 0 Å². The average molecular weight is 539 g/mol. The lowest BCUT2D eigenvalue weighted by atomic mass is 9.85. The van der Waals surface area contributed by atoms with Crippen LogP contribution >= 0.6 is 0 Å². The molecule has 1 aliphatic carbocycles. The van der Waals surface area contributed by atoms with Crippen molar-refractivity contribution in [3.05, 3.63) is 157 Å². The number of likely N-dealkylation sites (N-methyl/N-ethyl adjacent to an activating group) is 1. The van der Waals surface area contributed by atoms with Gasteiger partial charge in [-0.05, 0) is 54.9 Å². The van der Waals surface area contributed by atoms with Crippen LogP contribution in [0.25, 0.3) is 54.9 Å². The monoisotopic (exact) mass is 538 g/mol. The van der Waals surface area contributed by atoms with E-state index >= 15 is 0 Å². The zero-order chi connectivity index (χ0) is 28.0. The van der Waals surface area contributed by atoms with Gasteiger partial charge in [0.1, 0.15) is 5.84 Å². The van der Waals surface area contributed by atoms with Crippen molar-refractivity contribution in [1.82, 2.24) is 4.90 Å². The summed E-state index contributed by atoms with van der Waals surface area (Å²) in [7, 11) is 2.15. The molecule has 6 aromatic rings. The Bertz CT molecular complexity index is 1970. The highest BCUT2D eigenvalue weighted by atomic mass is 15.3. The predicted octanol–water partition coefficient (Wildman–Crippen LogP) is 9.55. The molecule has 6 aromatic carbocycles. The largest absolute Gasteiger partial charge is 0.351 e. The Kier molecular flexibility index (Phi) is 5.86. The van der Waals surface area contributed by atoms with Crippen LogP contribution < -0.4 is 0 Å². The number of fused-ring (bicyclic) bond motifs is 3. The topological polar surface area (TPSA) is 15.6 Å². The zero-order valence-electron chi connectivity index (χ0n) is 23.5. The fraction of sp³-hybridized carbons (Fsp3) is 0.0750. The Morgan fingerprint density at radius 1 is 0.452 bits per heavy atom. The van der Waals surface area contributed by atoms with Gasteiger partial charge in [0.05, 0.1) is 12.1 Å². The van der Waals surface area contributed by atoms with E-state index in [0.29, 0.717) is 6.04 Å². The summed E-state index contributed by atoms with van der Waals surface area (Å²) in [6.45, 7) is 0. The van der Waals surface area contributed by atoms with E-state index in [2.05, 4.69) is 164 Å². The van der Waals surface area contributed by atoms with Crippen LogP contribution in [0.15, 0.2) is 157 Å². The van der Waals surface area contributed by atoms with E-state index in [-0.39, 0.29) is 6.04 Å². The molecule has 0 radical (unpaired) electrons. The van der Waals surface area contributed by atoms with Gasteiger partial charge in [0.25, 0.3) is 0 Å². The summed E-state index contributed by atoms with van der Waals surface area (Å²) in [6.07, 6.45) is 8.65. The molecule has 0 spiro atoms. The Hall–Kier alpha value is -5.21. The van der Waals surface area contributed by atoms with E-state index < -0.39 is 0 Å². The van der Waals surface area contributed by atoms with Gasteiger partial charge < -0.3 is 4.90 Å². The molecule has 200 valence electrons. The number of hydrogen-bond donors (Lipinski definition) is 0. The second kappa shape index (κ2) is 10.0. The van der Waals surface area contributed by atoms with Crippen LogP contribution in [0, 0.1) is 0 Å². The van der Waals surface area contributed by atoms with E-state index in [4.69, 9.17) is 4.99 Å². The highest BCUT2D eigenvalue weighted by molar-refractivity contribution is 6.21. The number of hydrogen-bond acceptors (Lipinski definition) is 2. The van der Waals surface area contributed by atoms with Crippen molar-refractivity contribution in [3.8, 4) is 33.4 Å². The maximum Gasteiger partial charge on any atom is 0.131 e. The average Bonchev–Trinajstić information content (AvgIpc) is 3.40. The maximum absolute atomic E-state index is 5.04. The Morgan fingerprint density at radius 2 is 0.881 bits per heavy atom. The molecule has 0 N–H and O–H groups in total. The lowest BCUT2D eigenvalue weighted by Crippen LogP contribution is -2.35. The molecule has 2 unspecified atom stereocenters. The molecule has 8 rings (SSSR count). The van der Waals surface area contributed by atoms with Crippen LogP contribution in [-0.4, -0.2) is 29.9 Å². The zero-order valence-corrected chi connectivity index (χ0v) is 23.5. The number of benzene rings is 6. The van der Waals surface area contributed by atoms with Crippen molar-refractivity contribution < 1.29 is 0 Å². The molecule has 2 aliphatic rings. The van der Waals surface area contributed by atoms with Crippen molar-refractivity contribution in [3.63, 3.8) is 0 Å². The van der Waals surface area contributed by atoms with Crippen molar-refractivity contribution in [2.75, 3.05) is 7.05 Å². The molecule has 2 nitrogen and oxygen atoms in total. The summed E-state index contributed by atoms with van der Waals surface area (Å²) in [5.41, 5.74) is 8.63. The number of rotatable bonds is 4. The summed E-state index contributed by atoms with van der Waals surface area (Å²) in [5, 5.41) is 5.07. The molecule has 2 heteroatoms. The van der Waals surface area contributed by atoms with Gasteiger partial charge in [-0.2, -0.15) is 0 Å². The summed E-state index contributed by atoms with van der Waals surface area (Å²) in [5.74, 6) is 1.05. The number of nitrogens with zero attached hydrogens (tertiary/aromatic N) is 2. The van der Waals surface area contributed by atoms with Gasteiger partial charge in [0, 0.05) is 12.6 Å². The fourth-order valence-electron chi connectivity index (χ4n) is 6.71. The first-order valence-electron chi connectivity index (χ1n) is 14.6. The summed E-state index contributed by atoms with van der Waals surface area (Å²) in [6, 6.07) is 46.8. The molecule has 0 aromatic heterocycles. The molecule has 42 heavy (non-hydrogen) atoms. The number of allylic oxidation sites excluding steroid dienone is 2. The van der Waals surface area contributed by atoms with Gasteiger partial charge in [0.2, 0.25) is 0 Å². The fourth-order valence-corrected chi connectivity index (χ4v) is 6.71. The molecule has 0 fully saturated rings. The summed E-state index contributed by atoms with van der Waals surface area (Å²) < 4.78 is 0. The lowest BCUT2D eigenvalue weighted by Gasteiger charge is -2.24. The first kappa shape index (κ1) is 24.6. The van der Waals surface area contributed by atoms with E-state index in [1.54, 1.807) is 0 Å². The second-order valence-electron chi connectivity index (χ2n) is 11.2. The molecule has 1 heterocycles. The molecule has 0 saturated carbocycles. The van der Waals surface area contributed by atoms with Crippen LogP contribution in [0.2, 0.25) is 0 Å². The van der Waals surface area contributed by atoms with Crippen molar-refractivity contribution in [2.24, 2.45) is 4.99 Å². The Morgan fingerprint density at radius 3 is 1.40 bits per heavy atom. The van der Waals surface area contributed by atoms with Crippen molar-refractivity contribution in [2.45, 2.75) is 12.1 Å². The van der Waals surface area contributed by atoms with Crippen LogP contribution in [0.3, 0.4) is 0 Å². The third kappa shape index (κ3) is 3.99. The van der Waals surface area contributed by atoms with Gasteiger partial charge in [-0.15, -0.1) is 0 Å². The minimum atomic E-state index is 0.192. The molecule has 0 saturated heterocycles. The van der Waals surface area contributed by atoms with Gasteiger partial charge >= 0.3 is 0 Å². The maximum atomic E-state index is 5.04. The Balaban J connectivity index is 1.26. The summed E-state index contributed by atoms with van der Waals surface area (Å²) >= 11 is 0. The molecular formula is C40H30N2. The van der Waals surface area contributed by atoms with Crippen molar-refractivity contribution in [1.29, 1.82) is 0 Å². The van der Waals surface area contributed by atoms with Gasteiger partial charge in [-0.3, -0.25) is 4.99 Å². The molecule has 1 aliphatic heterocycles. The lowest BCUT2D eigenvalue weighted by molar-refractivity contribution is 0.437. The second-order valence-corrected chi connectivity index (χ2v) is 11.2. The van der Waals surface area contributed by atoms with Crippen LogP contribution in [0.1, 0.15) is 5.56 Å².